The van der Waals surface area contributed by atoms with Crippen molar-refractivity contribution in [2.75, 3.05) is 11.5 Å². The summed E-state index contributed by atoms with van der Waals surface area (Å²) in [4.78, 5) is 11.9. The van der Waals surface area contributed by atoms with E-state index in [4.69, 9.17) is 5.73 Å². The van der Waals surface area contributed by atoms with E-state index in [1.165, 1.54) is 0 Å². The van der Waals surface area contributed by atoms with Crippen LogP contribution in [-0.4, -0.2) is 29.5 Å². The largest absolute Gasteiger partial charge is 0.353 e. The molecule has 1 aliphatic carbocycles. The molecular weight excluding hydrogens is 220 g/mol. The summed E-state index contributed by atoms with van der Waals surface area (Å²) < 4.78 is 0. The molecule has 1 fully saturated rings. The lowest BCUT2D eigenvalue weighted by Gasteiger charge is -2.19. The molecule has 0 heterocycles. The van der Waals surface area contributed by atoms with E-state index in [1.807, 2.05) is 11.8 Å². The molecule has 0 saturated heterocycles. The Hall–Kier alpha value is -0.220. The zero-order chi connectivity index (χ0) is 12.0. The van der Waals surface area contributed by atoms with Gasteiger partial charge in [-0.05, 0) is 37.7 Å². The fourth-order valence-corrected chi connectivity index (χ4v) is 2.95. The molecule has 1 saturated carbocycles. The van der Waals surface area contributed by atoms with E-state index in [0.717, 1.165) is 37.2 Å². The van der Waals surface area contributed by atoms with Crippen molar-refractivity contribution in [3.05, 3.63) is 0 Å². The fourth-order valence-electron chi connectivity index (χ4n) is 2.14. The molecule has 0 spiro atoms. The fraction of sp³-hybridized carbons (Fsp3) is 0.917. The van der Waals surface area contributed by atoms with Gasteiger partial charge in [-0.15, -0.1) is 0 Å². The van der Waals surface area contributed by atoms with Gasteiger partial charge >= 0.3 is 0 Å². The third kappa shape index (κ3) is 4.34. The number of nitrogens with one attached hydrogen (secondary N) is 1. The summed E-state index contributed by atoms with van der Waals surface area (Å²) in [6.45, 7) is 4.24. The molecule has 16 heavy (non-hydrogen) atoms. The highest BCUT2D eigenvalue weighted by Crippen LogP contribution is 2.24. The van der Waals surface area contributed by atoms with E-state index < -0.39 is 0 Å². The van der Waals surface area contributed by atoms with Gasteiger partial charge in [0.1, 0.15) is 0 Å². The maximum atomic E-state index is 11.9. The number of rotatable bonds is 6. The van der Waals surface area contributed by atoms with Crippen LogP contribution in [-0.2, 0) is 4.79 Å². The first-order valence-electron chi connectivity index (χ1n) is 6.28. The van der Waals surface area contributed by atoms with Crippen LogP contribution >= 0.6 is 11.8 Å². The molecule has 4 heteroatoms. The number of carbonyl (C=O) groups excluding carboxylic acids is 1. The molecule has 94 valence electrons. The van der Waals surface area contributed by atoms with E-state index in [2.05, 4.69) is 19.2 Å². The second kappa shape index (κ2) is 7.17. The number of thioether (sulfide) groups is 1. The van der Waals surface area contributed by atoms with Crippen LogP contribution < -0.4 is 11.1 Å². The van der Waals surface area contributed by atoms with E-state index >= 15 is 0 Å². The summed E-state index contributed by atoms with van der Waals surface area (Å²) in [5.74, 6) is 2.49. The van der Waals surface area contributed by atoms with Gasteiger partial charge < -0.3 is 11.1 Å². The molecule has 0 aromatic heterocycles. The van der Waals surface area contributed by atoms with Crippen molar-refractivity contribution < 1.29 is 4.79 Å². The summed E-state index contributed by atoms with van der Waals surface area (Å²) in [5, 5.41) is 3.08. The Balaban J connectivity index is 2.22. The Morgan fingerprint density at radius 3 is 2.88 bits per heavy atom. The van der Waals surface area contributed by atoms with E-state index in [0.29, 0.717) is 0 Å². The highest BCUT2D eigenvalue weighted by molar-refractivity contribution is 7.99. The molecule has 0 radical (unpaired) electrons. The lowest BCUT2D eigenvalue weighted by molar-refractivity contribution is -0.125. The summed E-state index contributed by atoms with van der Waals surface area (Å²) in [6.07, 6.45) is 4.10. The van der Waals surface area contributed by atoms with Crippen molar-refractivity contribution in [1.29, 1.82) is 0 Å². The lowest BCUT2D eigenvalue weighted by Crippen LogP contribution is -2.42. The van der Waals surface area contributed by atoms with Gasteiger partial charge in [0.2, 0.25) is 5.91 Å². The lowest BCUT2D eigenvalue weighted by atomic mass is 10.0. The molecule has 3 N–H and O–H groups in total. The van der Waals surface area contributed by atoms with Gasteiger partial charge in [0, 0.05) is 12.1 Å². The molecule has 0 aromatic rings. The zero-order valence-electron chi connectivity index (χ0n) is 10.4. The van der Waals surface area contributed by atoms with Crippen LogP contribution in [0, 0.1) is 5.92 Å². The summed E-state index contributed by atoms with van der Waals surface area (Å²) >= 11 is 1.92. The van der Waals surface area contributed by atoms with Crippen LogP contribution in [0.15, 0.2) is 0 Å². The molecule has 3 atom stereocenters. The summed E-state index contributed by atoms with van der Waals surface area (Å²) in [5.41, 5.74) is 5.91. The molecule has 3 nitrogen and oxygen atoms in total. The van der Waals surface area contributed by atoms with Gasteiger partial charge in [0.05, 0.1) is 5.92 Å². The van der Waals surface area contributed by atoms with Crippen LogP contribution in [0.3, 0.4) is 0 Å². The van der Waals surface area contributed by atoms with Gasteiger partial charge in [-0.1, -0.05) is 13.3 Å². The Morgan fingerprint density at radius 2 is 2.31 bits per heavy atom. The van der Waals surface area contributed by atoms with E-state index in [9.17, 15) is 4.79 Å². The maximum Gasteiger partial charge on any atom is 0.224 e. The van der Waals surface area contributed by atoms with E-state index in [-0.39, 0.29) is 23.9 Å². The first-order valence-corrected chi connectivity index (χ1v) is 7.44. The number of carbonyl (C=O) groups is 1. The first kappa shape index (κ1) is 13.8. The second-order valence-electron chi connectivity index (χ2n) is 4.60. The SMILES string of the molecule is CCSCCC(C)NC(=O)C1CCCC1N. The predicted molar refractivity (Wildman–Crippen MR) is 70.5 cm³/mol. The highest BCUT2D eigenvalue weighted by Gasteiger charge is 2.30. The number of amides is 1. The Kier molecular flexibility index (Phi) is 6.21. The molecule has 0 bridgehead atoms. The third-order valence-corrected chi connectivity index (χ3v) is 4.13. The number of hydrogen-bond donors (Lipinski definition) is 2. The Bertz CT molecular complexity index is 223. The van der Waals surface area contributed by atoms with Crippen molar-refractivity contribution in [3.8, 4) is 0 Å². The summed E-state index contributed by atoms with van der Waals surface area (Å²) in [6, 6.07) is 0.358. The minimum atomic E-state index is 0.0567. The van der Waals surface area contributed by atoms with Crippen LogP contribution in [0.2, 0.25) is 0 Å². The number of hydrogen-bond acceptors (Lipinski definition) is 3. The molecule has 3 unspecified atom stereocenters. The van der Waals surface area contributed by atoms with Crippen LogP contribution in [0.4, 0.5) is 0 Å². The maximum absolute atomic E-state index is 11.9. The minimum Gasteiger partial charge on any atom is -0.353 e. The molecule has 1 aliphatic rings. The standard InChI is InChI=1S/C12H24N2OS/c1-3-16-8-7-9(2)14-12(15)10-5-4-6-11(10)13/h9-11H,3-8,13H2,1-2H3,(H,14,15). The van der Waals surface area contributed by atoms with Crippen molar-refractivity contribution >= 4 is 17.7 Å². The van der Waals surface area contributed by atoms with Crippen molar-refractivity contribution in [2.45, 2.75) is 51.6 Å². The zero-order valence-corrected chi connectivity index (χ0v) is 11.2. The van der Waals surface area contributed by atoms with Gasteiger partial charge in [-0.25, -0.2) is 0 Å². The van der Waals surface area contributed by atoms with Crippen LogP contribution in [0.1, 0.15) is 39.5 Å². The predicted octanol–water partition coefficient (Wildman–Crippen LogP) is 1.76. The average Bonchev–Trinajstić information content (AvgIpc) is 2.65. The smallest absolute Gasteiger partial charge is 0.224 e. The van der Waals surface area contributed by atoms with Crippen molar-refractivity contribution in [2.24, 2.45) is 11.7 Å². The molecular formula is C12H24N2OS. The van der Waals surface area contributed by atoms with Gasteiger partial charge in [-0.3, -0.25) is 4.79 Å². The number of nitrogens with two attached hydrogens (primary N) is 1. The van der Waals surface area contributed by atoms with Gasteiger partial charge in [0.25, 0.3) is 0 Å². The molecule has 0 aliphatic heterocycles. The first-order chi connectivity index (χ1) is 7.65. The highest BCUT2D eigenvalue weighted by atomic mass is 32.2. The molecule has 1 amide bonds. The molecule has 0 aromatic carbocycles. The van der Waals surface area contributed by atoms with E-state index in [1.54, 1.807) is 0 Å². The topological polar surface area (TPSA) is 55.1 Å². The van der Waals surface area contributed by atoms with Gasteiger partial charge in [0.15, 0.2) is 0 Å². The van der Waals surface area contributed by atoms with Crippen LogP contribution in [0.5, 0.6) is 0 Å². The Morgan fingerprint density at radius 1 is 1.56 bits per heavy atom. The second-order valence-corrected chi connectivity index (χ2v) is 5.99. The minimum absolute atomic E-state index is 0.0567. The Labute approximate surface area is 103 Å². The normalized spacial score (nSPS) is 26.7. The summed E-state index contributed by atoms with van der Waals surface area (Å²) in [7, 11) is 0. The average molecular weight is 244 g/mol. The molecule has 1 rings (SSSR count). The van der Waals surface area contributed by atoms with Crippen LogP contribution in [0.25, 0.3) is 0 Å². The van der Waals surface area contributed by atoms with Crippen molar-refractivity contribution in [1.82, 2.24) is 5.32 Å². The third-order valence-electron chi connectivity index (χ3n) is 3.19. The van der Waals surface area contributed by atoms with Crippen molar-refractivity contribution in [3.63, 3.8) is 0 Å². The van der Waals surface area contributed by atoms with Gasteiger partial charge in [-0.2, -0.15) is 11.8 Å². The monoisotopic (exact) mass is 244 g/mol. The quantitative estimate of drug-likeness (QED) is 0.700.